The maximum absolute atomic E-state index is 13.9. The van der Waals surface area contributed by atoms with Crippen LogP contribution in [0.1, 0.15) is 44.6 Å². The number of amides is 2. The molecule has 0 saturated heterocycles. The highest BCUT2D eigenvalue weighted by Crippen LogP contribution is 2.48. The lowest BCUT2D eigenvalue weighted by molar-refractivity contribution is -0.124. The van der Waals surface area contributed by atoms with E-state index in [2.05, 4.69) is 5.32 Å². The quantitative estimate of drug-likeness (QED) is 0.528. The monoisotopic (exact) mass is 502 g/mol. The van der Waals surface area contributed by atoms with Crippen LogP contribution in [-0.2, 0) is 17.8 Å². The second-order valence-electron chi connectivity index (χ2n) is 9.06. The number of hydrogen-bond donors (Lipinski definition) is 1. The molecule has 8 nitrogen and oxygen atoms in total. The van der Waals surface area contributed by atoms with Gasteiger partial charge in [0.1, 0.15) is 11.5 Å². The molecule has 0 spiro atoms. The molecule has 0 bridgehead atoms. The van der Waals surface area contributed by atoms with Crippen LogP contribution in [0.4, 0.5) is 0 Å². The van der Waals surface area contributed by atoms with Gasteiger partial charge < -0.3 is 29.2 Å². The molecule has 8 heteroatoms. The molecule has 2 aliphatic heterocycles. The Morgan fingerprint density at radius 2 is 1.62 bits per heavy atom. The van der Waals surface area contributed by atoms with E-state index in [1.165, 1.54) is 0 Å². The third kappa shape index (κ3) is 4.22. The van der Waals surface area contributed by atoms with Gasteiger partial charge in [-0.1, -0.05) is 18.2 Å². The highest BCUT2D eigenvalue weighted by atomic mass is 16.5. The first kappa shape index (κ1) is 24.5. The Kier molecular flexibility index (Phi) is 6.65. The van der Waals surface area contributed by atoms with Gasteiger partial charge in [-0.2, -0.15) is 0 Å². The van der Waals surface area contributed by atoms with Crippen LogP contribution >= 0.6 is 0 Å². The largest absolute Gasteiger partial charge is 0.497 e. The SMILES string of the molecule is COc1ccc(CNC(=O)[C@H]2c3ccccc3C(=O)N3CCc4cc(OC)c(OC)cc4[C@H]23)c(OC)c1. The number of ether oxygens (including phenoxy) is 4. The maximum Gasteiger partial charge on any atom is 0.254 e. The van der Waals surface area contributed by atoms with Gasteiger partial charge in [0, 0.05) is 30.3 Å². The van der Waals surface area contributed by atoms with Crippen LogP contribution in [0.2, 0.25) is 0 Å². The Hall–Kier alpha value is -4.20. The minimum absolute atomic E-state index is 0.0677. The molecule has 1 N–H and O–H groups in total. The summed E-state index contributed by atoms with van der Waals surface area (Å²) in [5.41, 5.74) is 4.04. The molecule has 5 rings (SSSR count). The average Bonchev–Trinajstić information content (AvgIpc) is 2.95. The maximum atomic E-state index is 13.9. The van der Waals surface area contributed by atoms with Crippen LogP contribution in [0.25, 0.3) is 0 Å². The summed E-state index contributed by atoms with van der Waals surface area (Å²) in [6, 6.07) is 16.2. The molecule has 2 amide bonds. The van der Waals surface area contributed by atoms with Crippen molar-refractivity contribution in [3.05, 3.63) is 82.4 Å². The number of nitrogens with zero attached hydrogens (tertiary/aromatic N) is 1. The molecular weight excluding hydrogens is 472 g/mol. The van der Waals surface area contributed by atoms with Crippen LogP contribution in [0.5, 0.6) is 23.0 Å². The summed E-state index contributed by atoms with van der Waals surface area (Å²) in [4.78, 5) is 29.3. The third-order valence-corrected chi connectivity index (χ3v) is 7.25. The summed E-state index contributed by atoms with van der Waals surface area (Å²) in [6.07, 6.45) is 0.664. The molecule has 0 aliphatic carbocycles. The zero-order valence-electron chi connectivity index (χ0n) is 21.4. The second kappa shape index (κ2) is 10.0. The normalized spacial score (nSPS) is 17.7. The number of fused-ring (bicyclic) bond motifs is 4. The molecule has 2 heterocycles. The minimum Gasteiger partial charge on any atom is -0.497 e. The van der Waals surface area contributed by atoms with Gasteiger partial charge in [0.2, 0.25) is 5.91 Å². The first-order chi connectivity index (χ1) is 18.0. The lowest BCUT2D eigenvalue weighted by atomic mass is 9.75. The van der Waals surface area contributed by atoms with Crippen molar-refractivity contribution >= 4 is 11.8 Å². The van der Waals surface area contributed by atoms with Gasteiger partial charge in [0.05, 0.1) is 40.4 Å². The van der Waals surface area contributed by atoms with Gasteiger partial charge in [0.15, 0.2) is 11.5 Å². The first-order valence-corrected chi connectivity index (χ1v) is 12.1. The summed E-state index contributed by atoms with van der Waals surface area (Å²) in [5, 5.41) is 3.10. The van der Waals surface area contributed by atoms with Crippen molar-refractivity contribution in [2.45, 2.75) is 24.9 Å². The van der Waals surface area contributed by atoms with Crippen LogP contribution < -0.4 is 24.3 Å². The van der Waals surface area contributed by atoms with Crippen LogP contribution in [0.3, 0.4) is 0 Å². The number of benzene rings is 3. The van der Waals surface area contributed by atoms with Gasteiger partial charge >= 0.3 is 0 Å². The van der Waals surface area contributed by atoms with E-state index < -0.39 is 12.0 Å². The van der Waals surface area contributed by atoms with Crippen molar-refractivity contribution in [2.24, 2.45) is 0 Å². The van der Waals surface area contributed by atoms with E-state index in [4.69, 9.17) is 18.9 Å². The summed E-state index contributed by atoms with van der Waals surface area (Å²) in [6.45, 7) is 0.778. The second-order valence-corrected chi connectivity index (χ2v) is 9.06. The Balaban J connectivity index is 1.55. The molecule has 3 aromatic carbocycles. The molecule has 0 unspecified atom stereocenters. The predicted molar refractivity (Wildman–Crippen MR) is 138 cm³/mol. The van der Waals surface area contributed by atoms with E-state index in [1.807, 2.05) is 47.4 Å². The summed E-state index contributed by atoms with van der Waals surface area (Å²) < 4.78 is 21.9. The number of nitrogens with one attached hydrogen (secondary N) is 1. The van der Waals surface area contributed by atoms with Crippen LogP contribution in [0.15, 0.2) is 54.6 Å². The zero-order valence-corrected chi connectivity index (χ0v) is 21.4. The van der Waals surface area contributed by atoms with Gasteiger partial charge in [-0.05, 0) is 53.4 Å². The van der Waals surface area contributed by atoms with Crippen molar-refractivity contribution in [3.8, 4) is 23.0 Å². The molecule has 2 atom stereocenters. The molecule has 0 fully saturated rings. The molecule has 2 aliphatic rings. The number of methoxy groups -OCH3 is 4. The number of carbonyl (C=O) groups is 2. The summed E-state index contributed by atoms with van der Waals surface area (Å²) in [7, 11) is 6.36. The fraction of sp³-hybridized carbons (Fsp3) is 0.310. The Bertz CT molecular complexity index is 1350. The van der Waals surface area contributed by atoms with E-state index in [9.17, 15) is 9.59 Å². The van der Waals surface area contributed by atoms with E-state index >= 15 is 0 Å². The lowest BCUT2D eigenvalue weighted by Gasteiger charge is -2.45. The van der Waals surface area contributed by atoms with Crippen LogP contribution in [-0.4, -0.2) is 51.7 Å². The standard InChI is InChI=1S/C29H30N2O6/c1-34-19-10-9-18(23(14-19)35-2)16-30-28(32)26-20-7-5-6-8-21(20)29(33)31-12-11-17-13-24(36-3)25(37-4)15-22(17)27(26)31/h5-10,13-15,26-27H,11-12,16H2,1-4H3,(H,30,32)/t26-,27+/m0/s1. The fourth-order valence-corrected chi connectivity index (χ4v) is 5.43. The molecule has 0 saturated carbocycles. The lowest BCUT2D eigenvalue weighted by Crippen LogP contribution is -2.50. The van der Waals surface area contributed by atoms with Crippen LogP contribution in [0, 0.1) is 0 Å². The number of carbonyl (C=O) groups excluding carboxylic acids is 2. The number of rotatable bonds is 7. The summed E-state index contributed by atoms with van der Waals surface area (Å²) in [5.74, 6) is 1.65. The predicted octanol–water partition coefficient (Wildman–Crippen LogP) is 3.87. The first-order valence-electron chi connectivity index (χ1n) is 12.1. The molecule has 37 heavy (non-hydrogen) atoms. The van der Waals surface area contributed by atoms with Gasteiger partial charge in [-0.15, -0.1) is 0 Å². The highest BCUT2D eigenvalue weighted by molar-refractivity contribution is 6.01. The summed E-state index contributed by atoms with van der Waals surface area (Å²) >= 11 is 0. The van der Waals surface area contributed by atoms with Gasteiger partial charge in [0.25, 0.3) is 5.91 Å². The van der Waals surface area contributed by atoms with Crippen molar-refractivity contribution in [1.29, 1.82) is 0 Å². The smallest absolute Gasteiger partial charge is 0.254 e. The minimum atomic E-state index is -0.602. The van der Waals surface area contributed by atoms with E-state index in [0.717, 1.165) is 22.3 Å². The van der Waals surface area contributed by atoms with Crippen molar-refractivity contribution in [1.82, 2.24) is 10.2 Å². The van der Waals surface area contributed by atoms with Gasteiger partial charge in [-0.3, -0.25) is 9.59 Å². The third-order valence-electron chi connectivity index (χ3n) is 7.25. The fourth-order valence-electron chi connectivity index (χ4n) is 5.43. The molecule has 3 aromatic rings. The molecule has 0 aromatic heterocycles. The molecule has 0 radical (unpaired) electrons. The topological polar surface area (TPSA) is 86.3 Å². The Morgan fingerprint density at radius 1 is 0.892 bits per heavy atom. The average molecular weight is 503 g/mol. The molecule has 192 valence electrons. The van der Waals surface area contributed by atoms with Crippen molar-refractivity contribution in [3.63, 3.8) is 0 Å². The Labute approximate surface area is 216 Å². The van der Waals surface area contributed by atoms with Crippen molar-refractivity contribution in [2.75, 3.05) is 35.0 Å². The van der Waals surface area contributed by atoms with E-state index in [1.54, 1.807) is 40.6 Å². The molecular formula is C29H30N2O6. The Morgan fingerprint density at radius 3 is 2.35 bits per heavy atom. The van der Waals surface area contributed by atoms with Crippen molar-refractivity contribution < 1.29 is 28.5 Å². The number of hydrogen-bond acceptors (Lipinski definition) is 6. The zero-order chi connectivity index (χ0) is 26.1. The van der Waals surface area contributed by atoms with Gasteiger partial charge in [-0.25, -0.2) is 0 Å². The van der Waals surface area contributed by atoms with E-state index in [0.29, 0.717) is 41.5 Å². The van der Waals surface area contributed by atoms with E-state index in [-0.39, 0.29) is 18.4 Å². The highest BCUT2D eigenvalue weighted by Gasteiger charge is 2.46.